The van der Waals surface area contributed by atoms with Gasteiger partial charge in [-0.25, -0.2) is 9.78 Å². The molecule has 1 N–H and O–H groups in total. The van der Waals surface area contributed by atoms with Gasteiger partial charge >= 0.3 is 6.09 Å². The van der Waals surface area contributed by atoms with Crippen molar-refractivity contribution in [2.45, 2.75) is 45.4 Å². The first-order chi connectivity index (χ1) is 9.30. The Kier molecular flexibility index (Phi) is 4.20. The normalized spacial score (nSPS) is 18.6. The lowest BCUT2D eigenvalue weighted by atomic mass is 9.99. The number of amides is 1. The Morgan fingerprint density at radius 3 is 2.85 bits per heavy atom. The van der Waals surface area contributed by atoms with Gasteiger partial charge in [-0.2, -0.15) is 0 Å². The van der Waals surface area contributed by atoms with Gasteiger partial charge in [0.15, 0.2) is 0 Å². The molecule has 1 aliphatic heterocycles. The van der Waals surface area contributed by atoms with Gasteiger partial charge in [-0.05, 0) is 32.4 Å². The van der Waals surface area contributed by atoms with Crippen LogP contribution in [0.25, 0.3) is 0 Å². The summed E-state index contributed by atoms with van der Waals surface area (Å²) in [5.41, 5.74) is 1.21. The second-order valence-corrected chi connectivity index (χ2v) is 6.28. The van der Waals surface area contributed by atoms with E-state index >= 15 is 0 Å². The summed E-state index contributed by atoms with van der Waals surface area (Å²) in [5.74, 6) is 0. The first-order valence-electron chi connectivity index (χ1n) is 6.55. The van der Waals surface area contributed by atoms with E-state index in [1.807, 2.05) is 26.8 Å². The molecule has 1 aliphatic rings. The highest BCUT2D eigenvalue weighted by Crippen LogP contribution is 2.25. The van der Waals surface area contributed by atoms with Gasteiger partial charge in [0.25, 0.3) is 0 Å². The molecule has 1 aromatic rings. The van der Waals surface area contributed by atoms with Crippen molar-refractivity contribution in [2.75, 3.05) is 6.61 Å². The van der Waals surface area contributed by atoms with Crippen LogP contribution in [-0.4, -0.2) is 39.3 Å². The minimum absolute atomic E-state index is 0.132. The fourth-order valence-electron chi connectivity index (χ4n) is 2.17. The van der Waals surface area contributed by atoms with E-state index in [0.717, 1.165) is 11.3 Å². The maximum atomic E-state index is 12.2. The van der Waals surface area contributed by atoms with Gasteiger partial charge < -0.3 is 9.84 Å². The zero-order chi connectivity index (χ0) is 14.9. The van der Waals surface area contributed by atoms with Crippen molar-refractivity contribution in [3.8, 4) is 0 Å². The van der Waals surface area contributed by atoms with Crippen LogP contribution in [0.4, 0.5) is 4.79 Å². The van der Waals surface area contributed by atoms with Crippen molar-refractivity contribution < 1.29 is 14.6 Å². The van der Waals surface area contributed by atoms with E-state index < -0.39 is 11.7 Å². The molecule has 1 aromatic heterocycles. The largest absolute Gasteiger partial charge is 0.444 e. The highest BCUT2D eigenvalue weighted by atomic mass is 35.5. The molecule has 0 fully saturated rings. The fraction of sp³-hybridized carbons (Fsp3) is 0.571. The number of aliphatic hydroxyl groups is 1. The maximum absolute atomic E-state index is 12.2. The van der Waals surface area contributed by atoms with Crippen LogP contribution in [0.2, 0.25) is 5.15 Å². The van der Waals surface area contributed by atoms with Gasteiger partial charge in [0.2, 0.25) is 0 Å². The van der Waals surface area contributed by atoms with Crippen LogP contribution in [0.5, 0.6) is 0 Å². The van der Waals surface area contributed by atoms with Crippen LogP contribution in [0.3, 0.4) is 0 Å². The minimum Gasteiger partial charge on any atom is -0.444 e. The number of fused-ring (bicyclic) bond motifs is 1. The number of carbonyl (C=O) groups is 1. The van der Waals surface area contributed by atoms with Crippen molar-refractivity contribution in [1.29, 1.82) is 0 Å². The number of hydrogen-bond donors (Lipinski definition) is 1. The molecule has 20 heavy (non-hydrogen) atoms. The lowest BCUT2D eigenvalue weighted by Crippen LogP contribution is -2.48. The van der Waals surface area contributed by atoms with Crippen molar-refractivity contribution in [3.63, 3.8) is 0 Å². The Labute approximate surface area is 123 Å². The molecule has 2 rings (SSSR count). The number of halogens is 1. The van der Waals surface area contributed by atoms with E-state index in [1.54, 1.807) is 11.0 Å². The number of ether oxygens (including phenoxy) is 1. The van der Waals surface area contributed by atoms with Crippen LogP contribution in [0.1, 0.15) is 32.0 Å². The third kappa shape index (κ3) is 3.41. The van der Waals surface area contributed by atoms with Crippen LogP contribution >= 0.6 is 11.6 Å². The Hall–Kier alpha value is -1.33. The summed E-state index contributed by atoms with van der Waals surface area (Å²) in [4.78, 5) is 18.0. The number of nitrogens with zero attached hydrogens (tertiary/aromatic N) is 2. The number of pyridine rings is 1. The van der Waals surface area contributed by atoms with E-state index in [0.29, 0.717) is 18.1 Å². The summed E-state index contributed by atoms with van der Waals surface area (Å²) in [6, 6.07) is 3.23. The van der Waals surface area contributed by atoms with Gasteiger partial charge in [0, 0.05) is 12.1 Å². The molecule has 0 spiro atoms. The third-order valence-corrected chi connectivity index (χ3v) is 3.29. The lowest BCUT2D eigenvalue weighted by molar-refractivity contribution is 0.00435. The molecule has 1 atom stereocenters. The summed E-state index contributed by atoms with van der Waals surface area (Å²) >= 11 is 5.87. The fourth-order valence-corrected chi connectivity index (χ4v) is 2.33. The highest BCUT2D eigenvalue weighted by molar-refractivity contribution is 6.29. The van der Waals surface area contributed by atoms with Gasteiger partial charge in [0.1, 0.15) is 10.8 Å². The van der Waals surface area contributed by atoms with Gasteiger partial charge in [-0.3, -0.25) is 4.90 Å². The minimum atomic E-state index is -0.560. The second kappa shape index (κ2) is 5.58. The molecule has 110 valence electrons. The molecule has 1 amide bonds. The Morgan fingerprint density at radius 1 is 1.55 bits per heavy atom. The monoisotopic (exact) mass is 298 g/mol. The molecule has 0 aromatic carbocycles. The molecule has 0 aliphatic carbocycles. The van der Waals surface area contributed by atoms with E-state index in [2.05, 4.69) is 4.98 Å². The molecule has 2 heterocycles. The van der Waals surface area contributed by atoms with Crippen molar-refractivity contribution in [2.24, 2.45) is 0 Å². The predicted octanol–water partition coefficient (Wildman–Crippen LogP) is 2.39. The zero-order valence-electron chi connectivity index (χ0n) is 11.9. The van der Waals surface area contributed by atoms with Crippen molar-refractivity contribution in [1.82, 2.24) is 9.88 Å². The lowest BCUT2D eigenvalue weighted by Gasteiger charge is -2.36. The first kappa shape index (κ1) is 15.1. The zero-order valence-corrected chi connectivity index (χ0v) is 12.6. The van der Waals surface area contributed by atoms with Crippen LogP contribution in [0.15, 0.2) is 12.1 Å². The van der Waals surface area contributed by atoms with E-state index in [4.69, 9.17) is 16.3 Å². The average Bonchev–Trinajstić information content (AvgIpc) is 2.34. The summed E-state index contributed by atoms with van der Waals surface area (Å²) < 4.78 is 5.38. The van der Waals surface area contributed by atoms with Crippen LogP contribution in [-0.2, 0) is 17.7 Å². The molecule has 0 saturated heterocycles. The molecule has 0 saturated carbocycles. The SMILES string of the molecule is CC(C)(C)OC(=O)N1Cc2ccc(Cl)nc2CC1CO. The Bertz CT molecular complexity index is 514. The molecule has 1 unspecified atom stereocenters. The summed E-state index contributed by atoms with van der Waals surface area (Å²) in [5, 5.41) is 9.92. The number of rotatable bonds is 1. The summed E-state index contributed by atoms with van der Waals surface area (Å²) in [6.07, 6.45) is 0.0585. The summed E-state index contributed by atoms with van der Waals surface area (Å²) in [7, 11) is 0. The number of carbonyl (C=O) groups excluding carboxylic acids is 1. The number of hydrogen-bond acceptors (Lipinski definition) is 4. The van der Waals surface area contributed by atoms with E-state index in [-0.39, 0.29) is 12.6 Å². The standard InChI is InChI=1S/C14H19ClN2O3/c1-14(2,3)20-13(19)17-7-9-4-5-12(15)16-11(9)6-10(17)8-18/h4-5,10,18H,6-8H2,1-3H3. The predicted molar refractivity (Wildman–Crippen MR) is 75.6 cm³/mol. The average molecular weight is 299 g/mol. The smallest absolute Gasteiger partial charge is 0.410 e. The number of aromatic nitrogens is 1. The van der Waals surface area contributed by atoms with Gasteiger partial charge in [-0.15, -0.1) is 0 Å². The molecular weight excluding hydrogens is 280 g/mol. The molecule has 5 nitrogen and oxygen atoms in total. The number of aliphatic hydroxyl groups excluding tert-OH is 1. The van der Waals surface area contributed by atoms with Crippen molar-refractivity contribution >= 4 is 17.7 Å². The first-order valence-corrected chi connectivity index (χ1v) is 6.93. The molecular formula is C14H19ClN2O3. The van der Waals surface area contributed by atoms with Gasteiger partial charge in [-0.1, -0.05) is 17.7 Å². The molecule has 0 bridgehead atoms. The molecule has 0 radical (unpaired) electrons. The third-order valence-electron chi connectivity index (χ3n) is 3.08. The highest BCUT2D eigenvalue weighted by Gasteiger charge is 2.33. The summed E-state index contributed by atoms with van der Waals surface area (Å²) in [6.45, 7) is 5.70. The Morgan fingerprint density at radius 2 is 2.25 bits per heavy atom. The van der Waals surface area contributed by atoms with Crippen LogP contribution < -0.4 is 0 Å². The quantitative estimate of drug-likeness (QED) is 0.809. The molecule has 6 heteroatoms. The topological polar surface area (TPSA) is 62.7 Å². The van der Waals surface area contributed by atoms with Gasteiger partial charge in [0.05, 0.1) is 19.2 Å². The second-order valence-electron chi connectivity index (χ2n) is 5.89. The van der Waals surface area contributed by atoms with Crippen molar-refractivity contribution in [3.05, 3.63) is 28.5 Å². The van der Waals surface area contributed by atoms with Crippen LogP contribution in [0, 0.1) is 0 Å². The Balaban J connectivity index is 2.22. The van der Waals surface area contributed by atoms with E-state index in [9.17, 15) is 9.90 Å². The maximum Gasteiger partial charge on any atom is 0.410 e. The van der Waals surface area contributed by atoms with E-state index in [1.165, 1.54) is 0 Å².